The Balaban J connectivity index is 1.90. The largest absolute Gasteiger partial charge is 0.456 e. The lowest BCUT2D eigenvalue weighted by molar-refractivity contribution is 0.450. The van der Waals surface area contributed by atoms with Crippen LogP contribution in [-0.2, 0) is 0 Å². The molecule has 0 unspecified atom stereocenters. The van der Waals surface area contributed by atoms with Gasteiger partial charge in [-0.05, 0) is 50.8 Å². The third kappa shape index (κ3) is 2.19. The summed E-state index contributed by atoms with van der Waals surface area (Å²) in [6, 6.07) is 10.1. The minimum atomic E-state index is -0.0649. The number of hydrogen-bond donors (Lipinski definition) is 0. The van der Waals surface area contributed by atoms with Gasteiger partial charge in [0.25, 0.3) is 6.71 Å². The normalized spacial score (nSPS) is 12.6. The lowest BCUT2D eigenvalue weighted by Crippen LogP contribution is -2.58. The molecule has 0 spiro atoms. The lowest BCUT2D eigenvalue weighted by Gasteiger charge is -2.35. The summed E-state index contributed by atoms with van der Waals surface area (Å²) in [4.78, 5) is 4.66. The van der Waals surface area contributed by atoms with Gasteiger partial charge in [0.1, 0.15) is 23.0 Å². The molecule has 3 aromatic rings. The summed E-state index contributed by atoms with van der Waals surface area (Å²) in [5, 5.41) is 9.48. The predicted octanol–water partition coefficient (Wildman–Crippen LogP) is 2.90. The third-order valence-electron chi connectivity index (χ3n) is 5.95. The molecule has 138 valence electrons. The van der Waals surface area contributed by atoms with E-state index in [0.717, 1.165) is 61.7 Å². The smallest absolute Gasteiger partial charge is 0.260 e. The van der Waals surface area contributed by atoms with E-state index in [1.54, 1.807) is 0 Å². The Hall–Kier alpha value is -3.70. The first-order chi connectivity index (χ1) is 14.0. The van der Waals surface area contributed by atoms with Gasteiger partial charge in [-0.25, -0.2) is 0 Å². The minimum absolute atomic E-state index is 0.0649. The van der Waals surface area contributed by atoms with Crippen LogP contribution in [0.25, 0.3) is 0 Å². The molecule has 0 fully saturated rings. The summed E-state index contributed by atoms with van der Waals surface area (Å²) in [5.74, 6) is 5.70. The molecule has 0 saturated heterocycles. The number of rotatable bonds is 0. The van der Waals surface area contributed by atoms with Crippen LogP contribution in [0.4, 0.5) is 0 Å². The molecule has 2 aliphatic rings. The van der Waals surface area contributed by atoms with Gasteiger partial charge in [0, 0.05) is 22.2 Å². The van der Waals surface area contributed by atoms with Crippen LogP contribution < -0.4 is 25.9 Å². The molecule has 4 nitrogen and oxygen atoms in total. The van der Waals surface area contributed by atoms with Crippen LogP contribution in [0.2, 0.25) is 0 Å². The maximum atomic E-state index is 9.48. The average molecular weight is 376 g/mol. The molecule has 0 aliphatic carbocycles. The lowest BCUT2D eigenvalue weighted by atomic mass is 9.34. The zero-order valence-electron chi connectivity index (χ0n) is 16.7. The van der Waals surface area contributed by atoms with Gasteiger partial charge in [0.2, 0.25) is 0 Å². The molecule has 1 aromatic heterocycles. The molecule has 5 rings (SSSR count). The first-order valence-corrected chi connectivity index (χ1v) is 9.46. The van der Waals surface area contributed by atoms with Crippen molar-refractivity contribution < 1.29 is 9.47 Å². The van der Waals surface area contributed by atoms with E-state index in [2.05, 4.69) is 17.0 Å². The Labute approximate surface area is 170 Å². The van der Waals surface area contributed by atoms with E-state index in [1.165, 1.54) is 0 Å². The van der Waals surface area contributed by atoms with Gasteiger partial charge in [-0.15, -0.1) is 6.42 Å². The number of hydrogen-bond acceptors (Lipinski definition) is 4. The standard InChI is InChI=1S/C24H17BN2O2/c1-6-16-7-9-18-21(12(16)2)28-23-14(4)27-15(5)24-20(23)25(18)19-10-8-17(11-26)13(3)22(19)29-24/h1,7-10H,2-5H3. The van der Waals surface area contributed by atoms with Crippen molar-refractivity contribution in [1.29, 1.82) is 5.26 Å². The van der Waals surface area contributed by atoms with E-state index < -0.39 is 0 Å². The highest BCUT2D eigenvalue weighted by atomic mass is 16.5. The van der Waals surface area contributed by atoms with E-state index in [1.807, 2.05) is 52.0 Å². The molecule has 0 atom stereocenters. The van der Waals surface area contributed by atoms with Crippen molar-refractivity contribution in [2.75, 3.05) is 0 Å². The van der Waals surface area contributed by atoms with Gasteiger partial charge in [0.05, 0.1) is 23.0 Å². The number of aryl methyl sites for hydroxylation is 2. The number of aromatic nitrogens is 1. The van der Waals surface area contributed by atoms with Gasteiger partial charge in [0.15, 0.2) is 0 Å². The number of pyridine rings is 1. The third-order valence-corrected chi connectivity index (χ3v) is 5.95. The Bertz CT molecular complexity index is 1230. The van der Waals surface area contributed by atoms with Crippen LogP contribution in [0.5, 0.6) is 23.0 Å². The molecule has 2 aliphatic heterocycles. The van der Waals surface area contributed by atoms with E-state index in [4.69, 9.17) is 15.9 Å². The van der Waals surface area contributed by atoms with E-state index >= 15 is 0 Å². The molecule has 5 heteroatoms. The van der Waals surface area contributed by atoms with Gasteiger partial charge >= 0.3 is 0 Å². The Morgan fingerprint density at radius 2 is 1.34 bits per heavy atom. The zero-order valence-corrected chi connectivity index (χ0v) is 16.7. The van der Waals surface area contributed by atoms with E-state index in [0.29, 0.717) is 11.3 Å². The van der Waals surface area contributed by atoms with Gasteiger partial charge in [-0.2, -0.15) is 5.26 Å². The summed E-state index contributed by atoms with van der Waals surface area (Å²) in [5.41, 5.74) is 7.89. The molecule has 0 amide bonds. The fourth-order valence-corrected chi connectivity index (χ4v) is 4.48. The van der Waals surface area contributed by atoms with Gasteiger partial charge in [-0.3, -0.25) is 4.98 Å². The van der Waals surface area contributed by atoms with Crippen LogP contribution in [0.15, 0.2) is 24.3 Å². The average Bonchev–Trinajstić information content (AvgIpc) is 2.72. The number of nitrogens with zero attached hydrogens (tertiary/aromatic N) is 2. The summed E-state index contributed by atoms with van der Waals surface area (Å²) < 4.78 is 12.7. The molecular weight excluding hydrogens is 359 g/mol. The number of nitriles is 1. The van der Waals surface area contributed by atoms with Gasteiger partial charge < -0.3 is 9.47 Å². The summed E-state index contributed by atoms with van der Waals surface area (Å²) in [6.07, 6.45) is 5.69. The number of ether oxygens (including phenoxy) is 2. The summed E-state index contributed by atoms with van der Waals surface area (Å²) >= 11 is 0. The topological polar surface area (TPSA) is 55.1 Å². The highest BCUT2D eigenvalue weighted by Crippen LogP contribution is 2.39. The SMILES string of the molecule is C#Cc1ccc2c(c1C)Oc1c(C)nc(C)c3c1B2c1ccc(C#N)c(C)c1O3. The zero-order chi connectivity index (χ0) is 20.4. The first-order valence-electron chi connectivity index (χ1n) is 9.46. The van der Waals surface area contributed by atoms with Crippen molar-refractivity contribution in [2.24, 2.45) is 0 Å². The van der Waals surface area contributed by atoms with E-state index in [-0.39, 0.29) is 6.71 Å². The maximum absolute atomic E-state index is 9.48. The van der Waals surface area contributed by atoms with Crippen LogP contribution in [0, 0.1) is 51.4 Å². The van der Waals surface area contributed by atoms with Crippen molar-refractivity contribution in [1.82, 2.24) is 4.98 Å². The minimum Gasteiger partial charge on any atom is -0.456 e. The summed E-state index contributed by atoms with van der Waals surface area (Å²) in [7, 11) is 0. The van der Waals surface area contributed by atoms with Crippen molar-refractivity contribution in [3.8, 4) is 41.4 Å². The van der Waals surface area contributed by atoms with Crippen LogP contribution in [0.3, 0.4) is 0 Å². The first kappa shape index (κ1) is 17.4. The monoisotopic (exact) mass is 376 g/mol. The maximum Gasteiger partial charge on any atom is 0.260 e. The van der Waals surface area contributed by atoms with Crippen molar-refractivity contribution >= 4 is 23.1 Å². The van der Waals surface area contributed by atoms with Gasteiger partial charge in [-0.1, -0.05) is 18.1 Å². The molecular formula is C24H17BN2O2. The van der Waals surface area contributed by atoms with Crippen molar-refractivity contribution in [2.45, 2.75) is 27.7 Å². The Morgan fingerprint density at radius 3 is 1.86 bits per heavy atom. The second kappa shape index (κ2) is 5.90. The molecule has 3 heterocycles. The van der Waals surface area contributed by atoms with Crippen molar-refractivity contribution in [3.05, 3.63) is 57.9 Å². The second-order valence-corrected chi connectivity index (χ2v) is 7.56. The number of fused-ring (bicyclic) bond motifs is 4. The van der Waals surface area contributed by atoms with Crippen LogP contribution in [-0.4, -0.2) is 11.7 Å². The summed E-state index contributed by atoms with van der Waals surface area (Å²) in [6.45, 7) is 7.74. The fourth-order valence-electron chi connectivity index (χ4n) is 4.48. The predicted molar refractivity (Wildman–Crippen MR) is 114 cm³/mol. The van der Waals surface area contributed by atoms with Crippen LogP contribution >= 0.6 is 0 Å². The Kier molecular flexibility index (Phi) is 3.54. The van der Waals surface area contributed by atoms with Crippen LogP contribution in [0.1, 0.15) is 33.6 Å². The molecule has 2 aromatic carbocycles. The fraction of sp³-hybridized carbons (Fsp3) is 0.167. The molecule has 0 N–H and O–H groups in total. The highest BCUT2D eigenvalue weighted by Gasteiger charge is 2.43. The highest BCUT2D eigenvalue weighted by molar-refractivity contribution is 6.98. The molecule has 0 radical (unpaired) electrons. The number of terminal acetylenes is 1. The second-order valence-electron chi connectivity index (χ2n) is 7.56. The molecule has 0 saturated carbocycles. The molecule has 0 bridgehead atoms. The van der Waals surface area contributed by atoms with E-state index in [9.17, 15) is 5.26 Å². The molecule has 29 heavy (non-hydrogen) atoms. The Morgan fingerprint density at radius 1 is 0.828 bits per heavy atom. The van der Waals surface area contributed by atoms with Crippen molar-refractivity contribution in [3.63, 3.8) is 0 Å². The quantitative estimate of drug-likeness (QED) is 0.308. The number of benzene rings is 2.